The number of thiol groups is 1. The highest BCUT2D eigenvalue weighted by molar-refractivity contribution is 7.77. The van der Waals surface area contributed by atoms with Crippen molar-refractivity contribution >= 4 is 12.8 Å². The van der Waals surface area contributed by atoms with Crippen LogP contribution in [-0.2, 0) is 12.8 Å². The van der Waals surface area contributed by atoms with Crippen LogP contribution in [0.4, 0.5) is 0 Å². The molecule has 0 amide bonds. The Bertz CT molecular complexity index is 343. The average molecular weight is 220 g/mol. The fourth-order valence-electron chi connectivity index (χ4n) is 2.94. The molecule has 1 saturated heterocycles. The molecule has 2 nitrogen and oxygen atoms in total. The zero-order valence-electron chi connectivity index (χ0n) is 8.82. The van der Waals surface area contributed by atoms with Crippen molar-refractivity contribution in [2.75, 3.05) is 13.1 Å². The van der Waals surface area contributed by atoms with E-state index in [0.29, 0.717) is 5.41 Å². The summed E-state index contributed by atoms with van der Waals surface area (Å²) in [5.41, 5.74) is 3.32. The molecule has 0 saturated carbocycles. The first kappa shape index (κ1) is 9.67. The fourth-order valence-corrected chi connectivity index (χ4v) is 3.14. The minimum absolute atomic E-state index is 0.510. The molecule has 15 heavy (non-hydrogen) atoms. The van der Waals surface area contributed by atoms with Crippen molar-refractivity contribution in [3.05, 3.63) is 29.6 Å². The molecule has 0 N–H and O–H groups in total. The molecule has 1 aromatic rings. The molecule has 0 unspecified atom stereocenters. The molecule has 0 atom stereocenters. The highest BCUT2D eigenvalue weighted by Gasteiger charge is 2.39. The Hall–Kier alpha value is -0.540. The first-order valence-electron chi connectivity index (χ1n) is 5.64. The van der Waals surface area contributed by atoms with Crippen LogP contribution in [0.3, 0.4) is 0 Å². The van der Waals surface area contributed by atoms with Crippen LogP contribution in [0, 0.1) is 5.41 Å². The quantitative estimate of drug-likeness (QED) is 0.674. The average Bonchev–Trinajstić information content (AvgIpc) is 2.61. The van der Waals surface area contributed by atoms with E-state index in [4.69, 9.17) is 0 Å². The highest BCUT2D eigenvalue weighted by atomic mass is 32.1. The van der Waals surface area contributed by atoms with Crippen LogP contribution in [-0.4, -0.2) is 22.4 Å². The van der Waals surface area contributed by atoms with Crippen molar-refractivity contribution in [1.29, 1.82) is 0 Å². The maximum absolute atomic E-state index is 4.50. The summed E-state index contributed by atoms with van der Waals surface area (Å²) in [6.07, 6.45) is 6.88. The van der Waals surface area contributed by atoms with Crippen LogP contribution in [0.1, 0.15) is 24.1 Å². The zero-order valence-corrected chi connectivity index (χ0v) is 9.71. The predicted molar refractivity (Wildman–Crippen MR) is 63.9 cm³/mol. The lowest BCUT2D eigenvalue weighted by atomic mass is 9.77. The first-order valence-corrected chi connectivity index (χ1v) is 6.04. The molecule has 2 heterocycles. The van der Waals surface area contributed by atoms with Crippen molar-refractivity contribution in [1.82, 2.24) is 9.29 Å². The van der Waals surface area contributed by atoms with Gasteiger partial charge >= 0.3 is 0 Å². The van der Waals surface area contributed by atoms with Crippen LogP contribution in [0.2, 0.25) is 0 Å². The Morgan fingerprint density at radius 2 is 2.07 bits per heavy atom. The van der Waals surface area contributed by atoms with Crippen LogP contribution >= 0.6 is 12.8 Å². The Morgan fingerprint density at radius 1 is 1.27 bits per heavy atom. The SMILES string of the molecule is SN1CCC2(CC1)Cc1cccnc1C2. The Morgan fingerprint density at radius 3 is 2.80 bits per heavy atom. The Balaban J connectivity index is 1.83. The number of nitrogens with zero attached hydrogens (tertiary/aromatic N) is 2. The molecular weight excluding hydrogens is 204 g/mol. The summed E-state index contributed by atoms with van der Waals surface area (Å²) in [6, 6.07) is 4.30. The van der Waals surface area contributed by atoms with Crippen LogP contribution in [0.15, 0.2) is 18.3 Å². The Kier molecular flexibility index (Phi) is 2.25. The van der Waals surface area contributed by atoms with Gasteiger partial charge in [0.25, 0.3) is 0 Å². The lowest BCUT2D eigenvalue weighted by molar-refractivity contribution is 0.172. The summed E-state index contributed by atoms with van der Waals surface area (Å²) >= 11 is 4.42. The number of aromatic nitrogens is 1. The zero-order chi connectivity index (χ0) is 10.3. The topological polar surface area (TPSA) is 16.1 Å². The second-order valence-electron chi connectivity index (χ2n) is 4.92. The molecule has 1 aromatic heterocycles. The highest BCUT2D eigenvalue weighted by Crippen LogP contribution is 2.43. The normalized spacial score (nSPS) is 24.3. The van der Waals surface area contributed by atoms with Gasteiger partial charge in [-0.15, -0.1) is 0 Å². The van der Waals surface area contributed by atoms with Crippen molar-refractivity contribution in [2.45, 2.75) is 25.7 Å². The minimum atomic E-state index is 0.510. The molecule has 1 aliphatic carbocycles. The molecular formula is C12H16N2S. The van der Waals surface area contributed by atoms with Crippen molar-refractivity contribution < 1.29 is 0 Å². The van der Waals surface area contributed by atoms with Crippen LogP contribution < -0.4 is 0 Å². The third-order valence-corrected chi connectivity index (χ3v) is 4.29. The van der Waals surface area contributed by atoms with Crippen molar-refractivity contribution in [3.8, 4) is 0 Å². The first-order chi connectivity index (χ1) is 7.27. The molecule has 80 valence electrons. The summed E-state index contributed by atoms with van der Waals surface area (Å²) in [7, 11) is 0. The van der Waals surface area contributed by atoms with Gasteiger partial charge in [0.05, 0.1) is 0 Å². The van der Waals surface area contributed by atoms with Gasteiger partial charge in [-0.3, -0.25) is 9.29 Å². The van der Waals surface area contributed by atoms with Gasteiger partial charge in [-0.2, -0.15) is 0 Å². The maximum Gasteiger partial charge on any atom is 0.0441 e. The van der Waals surface area contributed by atoms with Crippen LogP contribution in [0.25, 0.3) is 0 Å². The molecule has 1 fully saturated rings. The Labute approximate surface area is 96.2 Å². The van der Waals surface area contributed by atoms with E-state index in [1.165, 1.54) is 36.9 Å². The summed E-state index contributed by atoms with van der Waals surface area (Å²) < 4.78 is 2.14. The van der Waals surface area contributed by atoms with E-state index in [9.17, 15) is 0 Å². The van der Waals surface area contributed by atoms with Gasteiger partial charge < -0.3 is 0 Å². The molecule has 3 rings (SSSR count). The minimum Gasteiger partial charge on any atom is -0.261 e. The monoisotopic (exact) mass is 220 g/mol. The van der Waals surface area contributed by atoms with Crippen molar-refractivity contribution in [2.24, 2.45) is 5.41 Å². The molecule has 3 heteroatoms. The summed E-state index contributed by atoms with van der Waals surface area (Å²) in [4.78, 5) is 4.50. The predicted octanol–water partition coefficient (Wildman–Crippen LogP) is 2.11. The number of hydrogen-bond acceptors (Lipinski definition) is 3. The molecule has 2 aliphatic rings. The lowest BCUT2D eigenvalue weighted by Gasteiger charge is -2.36. The smallest absolute Gasteiger partial charge is 0.0441 e. The lowest BCUT2D eigenvalue weighted by Crippen LogP contribution is -2.36. The third kappa shape index (κ3) is 1.68. The number of rotatable bonds is 0. The number of fused-ring (bicyclic) bond motifs is 1. The number of hydrogen-bond donors (Lipinski definition) is 1. The van der Waals surface area contributed by atoms with E-state index >= 15 is 0 Å². The third-order valence-electron chi connectivity index (χ3n) is 3.89. The van der Waals surface area contributed by atoms with E-state index in [2.05, 4.69) is 34.2 Å². The molecule has 1 spiro atoms. The van der Waals surface area contributed by atoms with Gasteiger partial charge in [0, 0.05) is 25.0 Å². The van der Waals surface area contributed by atoms with Gasteiger partial charge in [-0.25, -0.2) is 0 Å². The van der Waals surface area contributed by atoms with E-state index in [1.54, 1.807) is 0 Å². The standard InChI is InChI=1S/C12H16N2S/c15-14-6-3-12(4-7-14)8-10-2-1-5-13-11(10)9-12/h1-2,5,15H,3-4,6-9H2. The van der Waals surface area contributed by atoms with E-state index < -0.39 is 0 Å². The van der Waals surface area contributed by atoms with Gasteiger partial charge in [0.2, 0.25) is 0 Å². The summed E-state index contributed by atoms with van der Waals surface area (Å²) in [6.45, 7) is 2.24. The summed E-state index contributed by atoms with van der Waals surface area (Å²) in [5, 5.41) is 0. The van der Waals surface area contributed by atoms with Crippen molar-refractivity contribution in [3.63, 3.8) is 0 Å². The molecule has 1 aliphatic heterocycles. The molecule has 0 bridgehead atoms. The van der Waals surface area contributed by atoms with E-state index in [1.807, 2.05) is 6.20 Å². The van der Waals surface area contributed by atoms with Crippen LogP contribution in [0.5, 0.6) is 0 Å². The molecule has 0 radical (unpaired) electrons. The van der Waals surface area contributed by atoms with Gasteiger partial charge in [-0.05, 0) is 42.7 Å². The maximum atomic E-state index is 4.50. The number of piperidine rings is 1. The van der Waals surface area contributed by atoms with Gasteiger partial charge in [0.1, 0.15) is 0 Å². The molecule has 0 aromatic carbocycles. The largest absolute Gasteiger partial charge is 0.261 e. The fraction of sp³-hybridized carbons (Fsp3) is 0.583. The second kappa shape index (κ2) is 3.49. The van der Waals surface area contributed by atoms with E-state index in [-0.39, 0.29) is 0 Å². The van der Waals surface area contributed by atoms with E-state index in [0.717, 1.165) is 13.1 Å². The van der Waals surface area contributed by atoms with Gasteiger partial charge in [-0.1, -0.05) is 18.9 Å². The van der Waals surface area contributed by atoms with Gasteiger partial charge in [0.15, 0.2) is 0 Å². The second-order valence-corrected chi connectivity index (χ2v) is 5.48. The summed E-state index contributed by atoms with van der Waals surface area (Å²) in [5.74, 6) is 0. The number of pyridine rings is 1.